The molecule has 0 aliphatic heterocycles. The summed E-state index contributed by atoms with van der Waals surface area (Å²) in [5.74, 6) is -1.72. The SMILES string of the molecule is CN(Cc1csc(C(=O)Nc2c(C(=O)Nc3ccc(Cl)cn3)ccc(Cl)c2O)c1Cl)S(C)(=O)=O. The molecular weight excluding hydrogens is 547 g/mol. The molecule has 0 aliphatic carbocycles. The lowest BCUT2D eigenvalue weighted by molar-refractivity contribution is 0.102. The molecule has 3 N–H and O–H groups in total. The van der Waals surface area contributed by atoms with Gasteiger partial charge in [-0.25, -0.2) is 17.7 Å². The van der Waals surface area contributed by atoms with Crippen molar-refractivity contribution in [3.63, 3.8) is 0 Å². The van der Waals surface area contributed by atoms with Crippen LogP contribution in [-0.2, 0) is 16.6 Å². The highest BCUT2D eigenvalue weighted by molar-refractivity contribution is 7.88. The van der Waals surface area contributed by atoms with Crippen molar-refractivity contribution in [2.24, 2.45) is 0 Å². The lowest BCUT2D eigenvalue weighted by Crippen LogP contribution is -2.24. The number of hydrogen-bond donors (Lipinski definition) is 3. The number of nitrogens with one attached hydrogen (secondary N) is 2. The van der Waals surface area contributed by atoms with E-state index >= 15 is 0 Å². The molecule has 0 saturated heterocycles. The molecule has 3 rings (SSSR count). The molecule has 0 aliphatic rings. The minimum absolute atomic E-state index is 0.0361. The van der Waals surface area contributed by atoms with Crippen molar-refractivity contribution in [1.29, 1.82) is 0 Å². The van der Waals surface area contributed by atoms with E-state index in [1.165, 1.54) is 37.5 Å². The molecule has 0 saturated carbocycles. The molecule has 2 aromatic heterocycles. The monoisotopic (exact) mass is 562 g/mol. The highest BCUT2D eigenvalue weighted by Crippen LogP contribution is 2.37. The molecule has 3 aromatic rings. The molecule has 9 nitrogen and oxygen atoms in total. The van der Waals surface area contributed by atoms with E-state index in [-0.39, 0.29) is 38.5 Å². The van der Waals surface area contributed by atoms with Gasteiger partial charge in [-0.2, -0.15) is 0 Å². The number of carbonyl (C=O) groups excluding carboxylic acids is 2. The third kappa shape index (κ3) is 5.98. The van der Waals surface area contributed by atoms with Gasteiger partial charge in [-0.1, -0.05) is 34.8 Å². The predicted octanol–water partition coefficient (Wildman–Crippen LogP) is 4.70. The Morgan fingerprint density at radius 2 is 1.82 bits per heavy atom. The standard InChI is InChI=1S/C20H17Cl3N4O5S2/c1-27(34(2,31)32)8-10-9-33-18(15(10)23)20(30)26-16-12(4-5-13(22)17(16)28)19(29)25-14-6-3-11(21)7-24-14/h3-7,9,28H,8H2,1-2H3,(H,26,30)(H,24,25,29). The van der Waals surface area contributed by atoms with Crippen molar-refractivity contribution in [3.8, 4) is 5.75 Å². The van der Waals surface area contributed by atoms with E-state index in [0.717, 1.165) is 21.9 Å². The summed E-state index contributed by atoms with van der Waals surface area (Å²) in [6, 6.07) is 5.64. The van der Waals surface area contributed by atoms with Crippen molar-refractivity contribution >= 4 is 79.5 Å². The number of rotatable bonds is 7. The first-order valence-electron chi connectivity index (χ1n) is 9.31. The van der Waals surface area contributed by atoms with Gasteiger partial charge in [-0.3, -0.25) is 9.59 Å². The van der Waals surface area contributed by atoms with E-state index in [1.54, 1.807) is 5.38 Å². The number of hydrogen-bond acceptors (Lipinski definition) is 7. The van der Waals surface area contributed by atoms with Crippen LogP contribution in [-0.4, -0.2) is 47.9 Å². The number of amides is 2. The summed E-state index contributed by atoms with van der Waals surface area (Å²) in [5.41, 5.74) is 0.104. The maximum absolute atomic E-state index is 12.9. The van der Waals surface area contributed by atoms with Gasteiger partial charge in [0.2, 0.25) is 10.0 Å². The number of phenolic OH excluding ortho intramolecular Hbond substituents is 1. The van der Waals surface area contributed by atoms with Gasteiger partial charge in [0.15, 0.2) is 5.75 Å². The number of nitrogens with zero attached hydrogens (tertiary/aromatic N) is 2. The average Bonchev–Trinajstić information content (AvgIpc) is 3.12. The number of benzene rings is 1. The summed E-state index contributed by atoms with van der Waals surface area (Å²) in [7, 11) is -2.07. The van der Waals surface area contributed by atoms with Gasteiger partial charge in [-0.15, -0.1) is 11.3 Å². The quantitative estimate of drug-likeness (QED) is 0.357. The Morgan fingerprint density at radius 1 is 1.12 bits per heavy atom. The van der Waals surface area contributed by atoms with E-state index in [4.69, 9.17) is 34.8 Å². The van der Waals surface area contributed by atoms with E-state index in [9.17, 15) is 23.1 Å². The molecule has 1 aromatic carbocycles. The highest BCUT2D eigenvalue weighted by Gasteiger charge is 2.24. The normalized spacial score (nSPS) is 11.5. The van der Waals surface area contributed by atoms with Crippen LogP contribution in [0.25, 0.3) is 0 Å². The Kier molecular flexibility index (Phi) is 8.06. The molecule has 0 radical (unpaired) electrons. The molecule has 34 heavy (non-hydrogen) atoms. The zero-order valence-electron chi connectivity index (χ0n) is 17.6. The molecule has 0 fully saturated rings. The Labute approximate surface area is 214 Å². The van der Waals surface area contributed by atoms with Crippen molar-refractivity contribution < 1.29 is 23.1 Å². The van der Waals surface area contributed by atoms with Crippen LogP contribution < -0.4 is 10.6 Å². The minimum Gasteiger partial charge on any atom is -0.504 e. The Bertz CT molecular complexity index is 1360. The number of phenols is 1. The largest absolute Gasteiger partial charge is 0.504 e. The number of aromatic hydroxyl groups is 1. The zero-order valence-corrected chi connectivity index (χ0v) is 21.5. The van der Waals surface area contributed by atoms with Gasteiger partial charge >= 0.3 is 0 Å². The summed E-state index contributed by atoms with van der Waals surface area (Å²) in [5, 5.41) is 17.3. The molecule has 2 amide bonds. The van der Waals surface area contributed by atoms with Crippen molar-refractivity contribution in [2.75, 3.05) is 23.9 Å². The second-order valence-corrected chi connectivity index (χ2v) is 11.2. The predicted molar refractivity (Wildman–Crippen MR) is 134 cm³/mol. The Morgan fingerprint density at radius 3 is 2.44 bits per heavy atom. The Hall–Kier alpha value is -2.41. The molecule has 0 bridgehead atoms. The van der Waals surface area contributed by atoms with E-state index < -0.39 is 27.6 Å². The third-order valence-corrected chi connectivity index (χ3v) is 7.91. The molecule has 0 atom stereocenters. The van der Waals surface area contributed by atoms with Crippen LogP contribution in [0.3, 0.4) is 0 Å². The van der Waals surface area contributed by atoms with E-state index in [0.29, 0.717) is 10.6 Å². The number of halogens is 3. The molecule has 0 spiro atoms. The van der Waals surface area contributed by atoms with Crippen LogP contribution in [0.4, 0.5) is 11.5 Å². The van der Waals surface area contributed by atoms with E-state index in [2.05, 4.69) is 15.6 Å². The van der Waals surface area contributed by atoms with E-state index in [1.807, 2.05) is 0 Å². The lowest BCUT2D eigenvalue weighted by Gasteiger charge is -2.14. The van der Waals surface area contributed by atoms with Gasteiger partial charge in [0.05, 0.1) is 32.6 Å². The Balaban J connectivity index is 1.88. The molecule has 14 heteroatoms. The van der Waals surface area contributed by atoms with Gasteiger partial charge in [0, 0.05) is 19.8 Å². The van der Waals surface area contributed by atoms with Crippen molar-refractivity contribution in [2.45, 2.75) is 6.54 Å². The highest BCUT2D eigenvalue weighted by atomic mass is 35.5. The topological polar surface area (TPSA) is 129 Å². The smallest absolute Gasteiger partial charge is 0.267 e. The summed E-state index contributed by atoms with van der Waals surface area (Å²) in [6.07, 6.45) is 2.39. The first kappa shape index (κ1) is 26.2. The van der Waals surface area contributed by atoms with Crippen LogP contribution in [0.2, 0.25) is 15.1 Å². The van der Waals surface area contributed by atoms with Crippen molar-refractivity contribution in [1.82, 2.24) is 9.29 Å². The van der Waals surface area contributed by atoms with Crippen LogP contribution in [0.1, 0.15) is 25.6 Å². The summed E-state index contributed by atoms with van der Waals surface area (Å²) in [4.78, 5) is 29.8. The first-order chi connectivity index (χ1) is 15.9. The second kappa shape index (κ2) is 10.5. The average molecular weight is 564 g/mol. The summed E-state index contributed by atoms with van der Waals surface area (Å²) in [6.45, 7) is -0.0361. The van der Waals surface area contributed by atoms with Gasteiger partial charge in [0.1, 0.15) is 10.7 Å². The zero-order chi connectivity index (χ0) is 25.2. The maximum Gasteiger partial charge on any atom is 0.267 e. The fraction of sp³-hybridized carbons (Fsp3) is 0.150. The van der Waals surface area contributed by atoms with Crippen LogP contribution >= 0.6 is 46.1 Å². The third-order valence-electron chi connectivity index (χ3n) is 4.55. The van der Waals surface area contributed by atoms with Crippen LogP contribution in [0, 0.1) is 0 Å². The molecular formula is C20H17Cl3N4O5S2. The molecule has 0 unspecified atom stereocenters. The fourth-order valence-corrected chi connectivity index (χ4v) is 4.57. The number of sulfonamides is 1. The maximum atomic E-state index is 12.9. The van der Waals surface area contributed by atoms with Crippen molar-refractivity contribution in [3.05, 3.63) is 66.9 Å². The minimum atomic E-state index is -3.46. The van der Waals surface area contributed by atoms with Gasteiger partial charge in [-0.05, 0) is 35.2 Å². The second-order valence-electron chi connectivity index (χ2n) is 7.01. The molecule has 2 heterocycles. The van der Waals surface area contributed by atoms with Crippen LogP contribution in [0.5, 0.6) is 5.75 Å². The fourth-order valence-electron chi connectivity index (χ4n) is 2.68. The summed E-state index contributed by atoms with van der Waals surface area (Å²) < 4.78 is 24.4. The van der Waals surface area contributed by atoms with Gasteiger partial charge < -0.3 is 15.7 Å². The van der Waals surface area contributed by atoms with Crippen LogP contribution in [0.15, 0.2) is 35.8 Å². The first-order valence-corrected chi connectivity index (χ1v) is 13.2. The summed E-state index contributed by atoms with van der Waals surface area (Å²) >= 11 is 19.1. The number of carbonyl (C=O) groups is 2. The molecule has 180 valence electrons. The number of aromatic nitrogens is 1. The number of anilines is 2. The number of thiophene rings is 1. The van der Waals surface area contributed by atoms with Gasteiger partial charge in [0.25, 0.3) is 11.8 Å². The lowest BCUT2D eigenvalue weighted by atomic mass is 10.1. The number of pyridine rings is 1.